The van der Waals surface area contributed by atoms with E-state index in [4.69, 9.17) is 23.2 Å². The largest absolute Gasteiger partial charge is 0.324 e. The van der Waals surface area contributed by atoms with Crippen LogP contribution < -0.4 is 5.32 Å². The van der Waals surface area contributed by atoms with Crippen LogP contribution in [0.15, 0.2) is 24.3 Å². The number of halogens is 2. The maximum atomic E-state index is 11.2. The fourth-order valence-electron chi connectivity index (χ4n) is 1.15. The van der Waals surface area contributed by atoms with E-state index >= 15 is 0 Å². The predicted molar refractivity (Wildman–Crippen MR) is 64.7 cm³/mol. The van der Waals surface area contributed by atoms with Crippen molar-refractivity contribution in [3.05, 3.63) is 29.8 Å². The highest BCUT2D eigenvalue weighted by Crippen LogP contribution is 2.17. The minimum atomic E-state index is -1.03. The molecule has 0 atom stereocenters. The number of benzene rings is 1. The number of carbonyl (C=O) groups excluding carboxylic acids is 1. The summed E-state index contributed by atoms with van der Waals surface area (Å²) in [5.74, 6) is 0.0687. The van der Waals surface area contributed by atoms with Crippen LogP contribution in [0.5, 0.6) is 0 Å². The van der Waals surface area contributed by atoms with Gasteiger partial charge < -0.3 is 5.32 Å². The van der Waals surface area contributed by atoms with Crippen LogP contribution in [-0.4, -0.2) is 10.7 Å². The standard InChI is InChI=1S/C11H13Cl2NO/c1-7(2)8-3-5-9(6-4-8)14-11(15)10(12)13/h3-7,10H,1-2H3,(H,14,15). The van der Waals surface area contributed by atoms with Gasteiger partial charge in [-0.05, 0) is 23.6 Å². The molecule has 0 unspecified atom stereocenters. The molecule has 15 heavy (non-hydrogen) atoms. The summed E-state index contributed by atoms with van der Waals surface area (Å²) in [4.78, 5) is 10.1. The van der Waals surface area contributed by atoms with Crippen molar-refractivity contribution in [3.8, 4) is 0 Å². The maximum Gasteiger partial charge on any atom is 0.257 e. The number of anilines is 1. The van der Waals surface area contributed by atoms with E-state index in [1.54, 1.807) is 0 Å². The summed E-state index contributed by atoms with van der Waals surface area (Å²) in [5, 5.41) is 2.60. The lowest BCUT2D eigenvalue weighted by molar-refractivity contribution is -0.114. The van der Waals surface area contributed by atoms with E-state index in [9.17, 15) is 4.79 Å². The second-order valence-electron chi connectivity index (χ2n) is 3.57. The van der Waals surface area contributed by atoms with Gasteiger partial charge in [-0.3, -0.25) is 4.79 Å². The third-order valence-corrected chi connectivity index (χ3v) is 2.44. The van der Waals surface area contributed by atoms with Gasteiger partial charge in [0.1, 0.15) is 0 Å². The lowest BCUT2D eigenvalue weighted by atomic mass is 10.0. The van der Waals surface area contributed by atoms with Gasteiger partial charge in [0.25, 0.3) is 5.91 Å². The van der Waals surface area contributed by atoms with Gasteiger partial charge in [-0.2, -0.15) is 0 Å². The Hall–Kier alpha value is -0.730. The Labute approximate surface area is 99.6 Å². The molecule has 0 saturated heterocycles. The topological polar surface area (TPSA) is 29.1 Å². The van der Waals surface area contributed by atoms with Crippen molar-refractivity contribution in [2.45, 2.75) is 24.6 Å². The highest BCUT2D eigenvalue weighted by Gasteiger charge is 2.11. The summed E-state index contributed by atoms with van der Waals surface area (Å²) in [6, 6.07) is 7.61. The molecule has 0 spiro atoms. The zero-order chi connectivity index (χ0) is 11.4. The summed E-state index contributed by atoms with van der Waals surface area (Å²) in [6.07, 6.45) is 0. The van der Waals surface area contributed by atoms with Crippen molar-refractivity contribution in [2.24, 2.45) is 0 Å². The molecule has 2 nitrogen and oxygen atoms in total. The van der Waals surface area contributed by atoms with Crippen LogP contribution >= 0.6 is 23.2 Å². The van der Waals surface area contributed by atoms with Gasteiger partial charge >= 0.3 is 0 Å². The maximum absolute atomic E-state index is 11.2. The molecular weight excluding hydrogens is 233 g/mol. The van der Waals surface area contributed by atoms with E-state index in [-0.39, 0.29) is 0 Å². The molecule has 0 aromatic heterocycles. The quantitative estimate of drug-likeness (QED) is 0.812. The lowest BCUT2D eigenvalue weighted by Gasteiger charge is -2.08. The number of nitrogens with one attached hydrogen (secondary N) is 1. The van der Waals surface area contributed by atoms with Crippen molar-refractivity contribution in [1.29, 1.82) is 0 Å². The Morgan fingerprint density at radius 3 is 2.13 bits per heavy atom. The molecule has 1 aromatic rings. The molecule has 1 amide bonds. The Bertz CT molecular complexity index is 333. The number of hydrogen-bond donors (Lipinski definition) is 1. The first-order chi connectivity index (χ1) is 7.00. The summed E-state index contributed by atoms with van der Waals surface area (Å²) >= 11 is 10.8. The number of alkyl halides is 2. The zero-order valence-electron chi connectivity index (χ0n) is 8.63. The first-order valence-electron chi connectivity index (χ1n) is 4.69. The average Bonchev–Trinajstić information content (AvgIpc) is 2.18. The molecule has 1 aromatic carbocycles. The van der Waals surface area contributed by atoms with E-state index in [1.165, 1.54) is 5.56 Å². The smallest absolute Gasteiger partial charge is 0.257 e. The van der Waals surface area contributed by atoms with Gasteiger partial charge in [0, 0.05) is 5.69 Å². The molecule has 82 valence electrons. The van der Waals surface area contributed by atoms with E-state index in [0.717, 1.165) is 0 Å². The fraction of sp³-hybridized carbons (Fsp3) is 0.364. The van der Waals surface area contributed by atoms with Gasteiger partial charge in [0.05, 0.1) is 0 Å². The van der Waals surface area contributed by atoms with Crippen molar-refractivity contribution >= 4 is 34.8 Å². The Kier molecular flexibility index (Phi) is 4.43. The van der Waals surface area contributed by atoms with Crippen molar-refractivity contribution < 1.29 is 4.79 Å². The van der Waals surface area contributed by atoms with Gasteiger partial charge in [0.2, 0.25) is 0 Å². The van der Waals surface area contributed by atoms with E-state index in [2.05, 4.69) is 19.2 Å². The average molecular weight is 246 g/mol. The molecular formula is C11H13Cl2NO. The molecule has 0 saturated carbocycles. The minimum Gasteiger partial charge on any atom is -0.324 e. The van der Waals surface area contributed by atoms with Crippen molar-refractivity contribution in [3.63, 3.8) is 0 Å². The van der Waals surface area contributed by atoms with E-state index in [1.807, 2.05) is 24.3 Å². The Morgan fingerprint density at radius 1 is 1.20 bits per heavy atom. The molecule has 0 fully saturated rings. The van der Waals surface area contributed by atoms with Gasteiger partial charge in [-0.15, -0.1) is 0 Å². The van der Waals surface area contributed by atoms with Crippen molar-refractivity contribution in [2.75, 3.05) is 5.32 Å². The van der Waals surface area contributed by atoms with Crippen molar-refractivity contribution in [1.82, 2.24) is 0 Å². The third kappa shape index (κ3) is 3.73. The number of amides is 1. The minimum absolute atomic E-state index is 0.407. The van der Waals surface area contributed by atoms with Crippen LogP contribution in [-0.2, 0) is 4.79 Å². The van der Waals surface area contributed by atoms with E-state index in [0.29, 0.717) is 11.6 Å². The van der Waals surface area contributed by atoms with Gasteiger partial charge in [-0.25, -0.2) is 0 Å². The molecule has 4 heteroatoms. The van der Waals surface area contributed by atoms with E-state index < -0.39 is 10.7 Å². The van der Waals surface area contributed by atoms with Gasteiger partial charge in [0.15, 0.2) is 4.84 Å². The first kappa shape index (κ1) is 12.3. The molecule has 0 radical (unpaired) electrons. The fourth-order valence-corrected chi connectivity index (χ4v) is 1.26. The third-order valence-electron chi connectivity index (χ3n) is 2.04. The lowest BCUT2D eigenvalue weighted by Crippen LogP contribution is -2.18. The normalized spacial score (nSPS) is 10.8. The molecule has 1 N–H and O–H groups in total. The van der Waals surface area contributed by atoms with Crippen LogP contribution in [0.3, 0.4) is 0 Å². The van der Waals surface area contributed by atoms with Crippen LogP contribution in [0, 0.1) is 0 Å². The summed E-state index contributed by atoms with van der Waals surface area (Å²) in [7, 11) is 0. The summed E-state index contributed by atoms with van der Waals surface area (Å²) in [5.41, 5.74) is 1.93. The monoisotopic (exact) mass is 245 g/mol. The van der Waals surface area contributed by atoms with Crippen LogP contribution in [0.25, 0.3) is 0 Å². The first-order valence-corrected chi connectivity index (χ1v) is 5.57. The predicted octanol–water partition coefficient (Wildman–Crippen LogP) is 3.55. The zero-order valence-corrected chi connectivity index (χ0v) is 10.1. The highest BCUT2D eigenvalue weighted by atomic mass is 35.5. The van der Waals surface area contributed by atoms with Crippen LogP contribution in [0.1, 0.15) is 25.3 Å². The molecule has 1 rings (SSSR count). The molecule has 0 heterocycles. The summed E-state index contributed by atoms with van der Waals surface area (Å²) in [6.45, 7) is 4.22. The molecule has 0 aliphatic rings. The van der Waals surface area contributed by atoms with Crippen LogP contribution in [0.4, 0.5) is 5.69 Å². The highest BCUT2D eigenvalue weighted by molar-refractivity contribution is 6.54. The van der Waals surface area contributed by atoms with Gasteiger partial charge in [-0.1, -0.05) is 49.2 Å². The Morgan fingerprint density at radius 2 is 1.73 bits per heavy atom. The Balaban J connectivity index is 2.69. The second-order valence-corrected chi connectivity index (χ2v) is 4.66. The summed E-state index contributed by atoms with van der Waals surface area (Å²) < 4.78 is 0. The van der Waals surface area contributed by atoms with Crippen LogP contribution in [0.2, 0.25) is 0 Å². The number of rotatable bonds is 3. The molecule has 0 bridgehead atoms. The SMILES string of the molecule is CC(C)c1ccc(NC(=O)C(Cl)Cl)cc1. The molecule has 0 aliphatic carbocycles. The second kappa shape index (κ2) is 5.38. The molecule has 0 aliphatic heterocycles. The number of carbonyl (C=O) groups is 1. The number of hydrogen-bond acceptors (Lipinski definition) is 1.